The first-order chi connectivity index (χ1) is 15.6. The molecule has 11 heteroatoms. The SMILES string of the molecule is COc1ccc(C=N[C@@H]2[C@@H](OC(C)=O)O[C@H](COC(C)=O)[C@H](OC(C)=O)[C@@H]2OC(C)=O)cc1. The molecule has 5 atom stereocenters. The third-order valence-electron chi connectivity index (χ3n) is 4.46. The van der Waals surface area contributed by atoms with Gasteiger partial charge in [0.15, 0.2) is 18.2 Å². The smallest absolute Gasteiger partial charge is 0.305 e. The van der Waals surface area contributed by atoms with Crippen molar-refractivity contribution < 1.29 is 47.6 Å². The molecule has 1 aromatic carbocycles. The van der Waals surface area contributed by atoms with Crippen molar-refractivity contribution in [1.82, 2.24) is 0 Å². The summed E-state index contributed by atoms with van der Waals surface area (Å²) in [5.74, 6) is -2.00. The fraction of sp³-hybridized carbons (Fsp3) is 0.500. The van der Waals surface area contributed by atoms with Crippen LogP contribution in [0.25, 0.3) is 0 Å². The number of nitrogens with zero attached hydrogens (tertiary/aromatic N) is 1. The first kappa shape index (κ1) is 25.8. The van der Waals surface area contributed by atoms with E-state index in [1.54, 1.807) is 24.3 Å². The Bertz CT molecular complexity index is 882. The van der Waals surface area contributed by atoms with Gasteiger partial charge in [-0.15, -0.1) is 0 Å². The first-order valence-corrected chi connectivity index (χ1v) is 10.1. The van der Waals surface area contributed by atoms with E-state index in [2.05, 4.69) is 4.99 Å². The van der Waals surface area contributed by atoms with E-state index >= 15 is 0 Å². The number of aliphatic imine (C=N–C) groups is 1. The van der Waals surface area contributed by atoms with Crippen LogP contribution in [0.3, 0.4) is 0 Å². The highest BCUT2D eigenvalue weighted by Crippen LogP contribution is 2.30. The summed E-state index contributed by atoms with van der Waals surface area (Å²) in [6.45, 7) is 4.37. The number of hydrogen-bond donors (Lipinski definition) is 0. The zero-order chi connectivity index (χ0) is 24.5. The molecule has 33 heavy (non-hydrogen) atoms. The number of benzene rings is 1. The maximum atomic E-state index is 11.9. The van der Waals surface area contributed by atoms with Crippen molar-refractivity contribution in [2.24, 2.45) is 4.99 Å². The molecule has 1 fully saturated rings. The third kappa shape index (κ3) is 7.86. The van der Waals surface area contributed by atoms with Crippen LogP contribution in [0, 0.1) is 0 Å². The summed E-state index contributed by atoms with van der Waals surface area (Å²) in [5.41, 5.74) is 0.671. The van der Waals surface area contributed by atoms with Crippen LogP contribution >= 0.6 is 0 Å². The second-order valence-electron chi connectivity index (χ2n) is 7.14. The van der Waals surface area contributed by atoms with Gasteiger partial charge in [-0.2, -0.15) is 0 Å². The van der Waals surface area contributed by atoms with Gasteiger partial charge < -0.3 is 28.4 Å². The molecule has 0 N–H and O–H groups in total. The lowest BCUT2D eigenvalue weighted by atomic mass is 9.96. The molecule has 0 amide bonds. The summed E-state index contributed by atoms with van der Waals surface area (Å²) in [4.78, 5) is 51.1. The fourth-order valence-corrected chi connectivity index (χ4v) is 3.17. The van der Waals surface area contributed by atoms with E-state index in [1.807, 2.05) is 0 Å². The Morgan fingerprint density at radius 1 is 0.879 bits per heavy atom. The number of carbonyl (C=O) groups is 4. The van der Waals surface area contributed by atoms with Crippen molar-refractivity contribution in [2.75, 3.05) is 13.7 Å². The van der Waals surface area contributed by atoms with Crippen molar-refractivity contribution >= 4 is 30.1 Å². The van der Waals surface area contributed by atoms with E-state index in [-0.39, 0.29) is 6.61 Å². The number of carbonyl (C=O) groups excluding carboxylic acids is 4. The lowest BCUT2D eigenvalue weighted by Gasteiger charge is -2.42. The molecule has 1 aromatic rings. The van der Waals surface area contributed by atoms with E-state index in [9.17, 15) is 19.2 Å². The van der Waals surface area contributed by atoms with Gasteiger partial charge in [0.25, 0.3) is 0 Å². The van der Waals surface area contributed by atoms with Gasteiger partial charge in [-0.25, -0.2) is 0 Å². The molecule has 11 nitrogen and oxygen atoms in total. The van der Waals surface area contributed by atoms with Gasteiger partial charge in [-0.1, -0.05) is 0 Å². The number of hydrogen-bond acceptors (Lipinski definition) is 11. The van der Waals surface area contributed by atoms with E-state index in [1.165, 1.54) is 41.0 Å². The monoisotopic (exact) mass is 465 g/mol. The summed E-state index contributed by atoms with van der Waals surface area (Å²) in [6.07, 6.45) is -3.31. The van der Waals surface area contributed by atoms with Crippen LogP contribution in [0.15, 0.2) is 29.3 Å². The summed E-state index contributed by atoms with van der Waals surface area (Å²) < 4.78 is 32.0. The summed E-state index contributed by atoms with van der Waals surface area (Å²) in [7, 11) is 1.54. The van der Waals surface area contributed by atoms with Crippen LogP contribution in [-0.4, -0.2) is 74.5 Å². The van der Waals surface area contributed by atoms with Gasteiger partial charge in [0, 0.05) is 33.9 Å². The van der Waals surface area contributed by atoms with Crippen LogP contribution in [0.2, 0.25) is 0 Å². The normalized spacial score (nSPS) is 24.6. The standard InChI is InChI=1S/C22H27NO10/c1-12(24)29-11-18-20(30-13(2)25)21(31-14(3)26)19(22(33-18)32-15(4)27)23-10-16-6-8-17(28-5)9-7-16/h6-10,18-22H,11H2,1-5H3/t18-,19+,20+,21-,22+/m1/s1. The van der Waals surface area contributed by atoms with Crippen LogP contribution in [0.4, 0.5) is 0 Å². The minimum atomic E-state index is -1.31. The molecule has 1 aliphatic heterocycles. The molecular formula is C22H27NO10. The molecule has 0 saturated carbocycles. The van der Waals surface area contributed by atoms with Gasteiger partial charge in [0.2, 0.25) is 6.29 Å². The van der Waals surface area contributed by atoms with E-state index < -0.39 is 54.5 Å². The zero-order valence-electron chi connectivity index (χ0n) is 19.0. The lowest BCUT2D eigenvalue weighted by Crippen LogP contribution is -2.61. The average molecular weight is 465 g/mol. The quantitative estimate of drug-likeness (QED) is 0.313. The minimum Gasteiger partial charge on any atom is -0.497 e. The molecule has 1 aliphatic rings. The molecule has 0 aromatic heterocycles. The molecule has 0 aliphatic carbocycles. The van der Waals surface area contributed by atoms with Gasteiger partial charge in [-0.05, 0) is 29.8 Å². The van der Waals surface area contributed by atoms with Crippen molar-refractivity contribution in [3.05, 3.63) is 29.8 Å². The van der Waals surface area contributed by atoms with Crippen molar-refractivity contribution in [2.45, 2.75) is 58.3 Å². The summed E-state index contributed by atoms with van der Waals surface area (Å²) in [5, 5.41) is 0. The molecule has 2 rings (SSSR count). The van der Waals surface area contributed by atoms with Crippen molar-refractivity contribution in [1.29, 1.82) is 0 Å². The largest absolute Gasteiger partial charge is 0.497 e. The van der Waals surface area contributed by atoms with E-state index in [0.717, 1.165) is 0 Å². The number of methoxy groups -OCH3 is 1. The van der Waals surface area contributed by atoms with Gasteiger partial charge in [0.05, 0.1) is 7.11 Å². The second-order valence-corrected chi connectivity index (χ2v) is 7.14. The summed E-state index contributed by atoms with van der Waals surface area (Å²) in [6, 6.07) is 5.84. The average Bonchev–Trinajstić information content (AvgIpc) is 2.73. The molecule has 0 spiro atoms. The maximum absolute atomic E-state index is 11.9. The molecule has 0 unspecified atom stereocenters. The van der Waals surface area contributed by atoms with Gasteiger partial charge in [-0.3, -0.25) is 24.2 Å². The predicted molar refractivity (Wildman–Crippen MR) is 113 cm³/mol. The molecule has 1 saturated heterocycles. The Morgan fingerprint density at radius 3 is 1.97 bits per heavy atom. The Kier molecular flexibility index (Phi) is 9.34. The van der Waals surface area contributed by atoms with Gasteiger partial charge in [0.1, 0.15) is 18.5 Å². The van der Waals surface area contributed by atoms with Crippen LogP contribution in [0.5, 0.6) is 5.75 Å². The predicted octanol–water partition coefficient (Wildman–Crippen LogP) is 1.20. The van der Waals surface area contributed by atoms with Crippen molar-refractivity contribution in [3.63, 3.8) is 0 Å². The zero-order valence-corrected chi connectivity index (χ0v) is 19.0. The lowest BCUT2D eigenvalue weighted by molar-refractivity contribution is -0.266. The Labute approximate surface area is 190 Å². The van der Waals surface area contributed by atoms with Crippen LogP contribution < -0.4 is 4.74 Å². The molecule has 0 bridgehead atoms. The second kappa shape index (κ2) is 12.0. The molecular weight excluding hydrogens is 438 g/mol. The maximum Gasteiger partial charge on any atom is 0.305 e. The molecule has 0 radical (unpaired) electrons. The van der Waals surface area contributed by atoms with Crippen LogP contribution in [0.1, 0.15) is 33.3 Å². The topological polar surface area (TPSA) is 136 Å². The van der Waals surface area contributed by atoms with Gasteiger partial charge >= 0.3 is 23.9 Å². The minimum absolute atomic E-state index is 0.336. The van der Waals surface area contributed by atoms with E-state index in [0.29, 0.717) is 11.3 Å². The fourth-order valence-electron chi connectivity index (χ4n) is 3.17. The number of esters is 4. The molecule has 180 valence electrons. The molecule has 1 heterocycles. The third-order valence-corrected chi connectivity index (χ3v) is 4.46. The highest BCUT2D eigenvalue weighted by Gasteiger charge is 2.51. The number of rotatable bonds is 8. The van der Waals surface area contributed by atoms with Crippen LogP contribution in [-0.2, 0) is 42.9 Å². The Balaban J connectivity index is 2.45. The van der Waals surface area contributed by atoms with Crippen molar-refractivity contribution in [3.8, 4) is 5.75 Å². The first-order valence-electron chi connectivity index (χ1n) is 10.1. The Morgan fingerprint density at radius 2 is 1.45 bits per heavy atom. The summed E-state index contributed by atoms with van der Waals surface area (Å²) >= 11 is 0. The highest BCUT2D eigenvalue weighted by molar-refractivity contribution is 5.80. The number of ether oxygens (including phenoxy) is 6. The Hall–Kier alpha value is -3.47. The van der Waals surface area contributed by atoms with E-state index in [4.69, 9.17) is 28.4 Å². The highest BCUT2D eigenvalue weighted by atomic mass is 16.7.